The van der Waals surface area contributed by atoms with Crippen molar-refractivity contribution >= 4 is 29.2 Å². The quantitative estimate of drug-likeness (QED) is 0.760. The maximum atomic E-state index is 13.9. The summed E-state index contributed by atoms with van der Waals surface area (Å²) in [7, 11) is 0. The van der Waals surface area contributed by atoms with Crippen LogP contribution in [0.4, 0.5) is 16.2 Å². The average Bonchev–Trinajstić information content (AvgIpc) is 2.99. The minimum absolute atomic E-state index is 0.258. The zero-order valence-corrected chi connectivity index (χ0v) is 16.1. The average molecular weight is 389 g/mol. The molecule has 0 aliphatic carbocycles. The summed E-state index contributed by atoms with van der Waals surface area (Å²) in [6.45, 7) is 0.809. The lowest BCUT2D eigenvalue weighted by molar-refractivity contribution is -0.144. The molecule has 2 fully saturated rings. The third kappa shape index (κ3) is 2.58. The summed E-state index contributed by atoms with van der Waals surface area (Å²) in [5.41, 5.74) is 1.27. The lowest BCUT2D eigenvalue weighted by Gasteiger charge is -2.51. The van der Waals surface area contributed by atoms with Crippen molar-refractivity contribution in [3.05, 3.63) is 60.2 Å². The van der Waals surface area contributed by atoms with Crippen LogP contribution in [0.1, 0.15) is 31.2 Å². The summed E-state index contributed by atoms with van der Waals surface area (Å²) < 4.78 is 0. The summed E-state index contributed by atoms with van der Waals surface area (Å²) in [4.78, 5) is 43.3. The highest BCUT2D eigenvalue weighted by Gasteiger charge is 2.62. The van der Waals surface area contributed by atoms with Crippen LogP contribution in [0.3, 0.4) is 0 Å². The Balaban J connectivity index is 1.68. The number of rotatable bonds is 1. The van der Waals surface area contributed by atoms with Crippen LogP contribution in [-0.4, -0.2) is 30.4 Å². The van der Waals surface area contributed by atoms with E-state index in [1.54, 1.807) is 24.3 Å². The molecule has 0 saturated carbocycles. The third-order valence-corrected chi connectivity index (χ3v) is 6.52. The fraction of sp³-hybridized carbons (Fsp3) is 0.348. The van der Waals surface area contributed by atoms with Gasteiger partial charge in [-0.1, -0.05) is 49.2 Å². The van der Waals surface area contributed by atoms with Gasteiger partial charge in [0.1, 0.15) is 0 Å². The van der Waals surface area contributed by atoms with Crippen molar-refractivity contribution in [3.63, 3.8) is 0 Å². The van der Waals surface area contributed by atoms with Gasteiger partial charge in [-0.25, -0.2) is 9.69 Å². The smallest absolute Gasteiger partial charge is 0.335 e. The maximum absolute atomic E-state index is 13.9. The van der Waals surface area contributed by atoms with E-state index in [1.165, 1.54) is 0 Å². The Labute approximate surface area is 169 Å². The summed E-state index contributed by atoms with van der Waals surface area (Å²) in [6.07, 6.45) is 4.13. The minimum atomic E-state index is -1.30. The van der Waals surface area contributed by atoms with Crippen LogP contribution in [0.25, 0.3) is 0 Å². The topological polar surface area (TPSA) is 69.7 Å². The van der Waals surface area contributed by atoms with Crippen LogP contribution in [-0.2, 0) is 16.0 Å². The standard InChI is InChI=1S/C23H23N3O3/c27-20-23(21(28)26(22(29)24-20)17-10-3-1-4-11-17)15-16-9-6-7-12-18(16)25-14-8-2-5-13-19(23)25/h1,3-4,6-7,9-12,19H,2,5,8,13-15H2,(H,24,27,29)/t19-,23+/m1/s1. The van der Waals surface area contributed by atoms with Gasteiger partial charge in [0.25, 0.3) is 5.91 Å². The Kier molecular flexibility index (Phi) is 4.15. The van der Waals surface area contributed by atoms with Crippen LogP contribution >= 0.6 is 0 Å². The molecule has 6 heteroatoms. The molecule has 4 amide bonds. The van der Waals surface area contributed by atoms with Crippen LogP contribution in [0.5, 0.6) is 0 Å². The Morgan fingerprint density at radius 1 is 0.897 bits per heavy atom. The number of hydrogen-bond acceptors (Lipinski definition) is 4. The van der Waals surface area contributed by atoms with Crippen molar-refractivity contribution < 1.29 is 14.4 Å². The van der Waals surface area contributed by atoms with E-state index >= 15 is 0 Å². The number of urea groups is 1. The third-order valence-electron chi connectivity index (χ3n) is 6.52. The van der Waals surface area contributed by atoms with E-state index in [1.807, 2.05) is 24.3 Å². The summed E-state index contributed by atoms with van der Waals surface area (Å²) >= 11 is 0. The summed E-state index contributed by atoms with van der Waals surface area (Å²) in [5, 5.41) is 2.50. The molecule has 1 N–H and O–H groups in total. The highest BCUT2D eigenvalue weighted by Crippen LogP contribution is 2.47. The minimum Gasteiger partial charge on any atom is -0.367 e. The first-order chi connectivity index (χ1) is 14.1. The fourth-order valence-electron chi connectivity index (χ4n) is 5.18. The highest BCUT2D eigenvalue weighted by atomic mass is 16.2. The first kappa shape index (κ1) is 17.9. The monoisotopic (exact) mass is 389 g/mol. The number of carbonyl (C=O) groups excluding carboxylic acids is 3. The molecule has 29 heavy (non-hydrogen) atoms. The van der Waals surface area contributed by atoms with Crippen LogP contribution in [0, 0.1) is 5.41 Å². The number of imide groups is 2. The lowest BCUT2D eigenvalue weighted by atomic mass is 9.67. The zero-order chi connectivity index (χ0) is 20.0. The summed E-state index contributed by atoms with van der Waals surface area (Å²) in [6, 6.07) is 15.9. The molecule has 148 valence electrons. The number of para-hydroxylation sites is 2. The van der Waals surface area contributed by atoms with Gasteiger partial charge in [0.15, 0.2) is 5.41 Å². The van der Waals surface area contributed by atoms with Gasteiger partial charge in [-0.3, -0.25) is 14.9 Å². The second-order valence-electron chi connectivity index (χ2n) is 8.07. The van der Waals surface area contributed by atoms with E-state index in [4.69, 9.17) is 0 Å². The number of amides is 4. The van der Waals surface area contributed by atoms with Crippen molar-refractivity contribution in [1.29, 1.82) is 0 Å². The zero-order valence-electron chi connectivity index (χ0n) is 16.1. The fourth-order valence-corrected chi connectivity index (χ4v) is 5.18. The first-order valence-corrected chi connectivity index (χ1v) is 10.2. The van der Waals surface area contributed by atoms with Crippen LogP contribution < -0.4 is 15.1 Å². The maximum Gasteiger partial charge on any atom is 0.335 e. The van der Waals surface area contributed by atoms with E-state index in [0.717, 1.165) is 48.4 Å². The molecule has 0 unspecified atom stereocenters. The molecule has 3 aliphatic rings. The number of hydrogen-bond donors (Lipinski definition) is 1. The van der Waals surface area contributed by atoms with Crippen molar-refractivity contribution in [2.75, 3.05) is 16.3 Å². The number of nitrogens with one attached hydrogen (secondary N) is 1. The van der Waals surface area contributed by atoms with Gasteiger partial charge in [-0.05, 0) is 43.0 Å². The van der Waals surface area contributed by atoms with Gasteiger partial charge in [-0.15, -0.1) is 0 Å². The van der Waals surface area contributed by atoms with Gasteiger partial charge in [-0.2, -0.15) is 0 Å². The molecule has 0 aromatic heterocycles. The number of fused-ring (bicyclic) bond motifs is 4. The van der Waals surface area contributed by atoms with E-state index in [-0.39, 0.29) is 6.04 Å². The normalized spacial score (nSPS) is 26.6. The lowest BCUT2D eigenvalue weighted by Crippen LogP contribution is -2.72. The largest absolute Gasteiger partial charge is 0.367 e. The number of carbonyl (C=O) groups is 3. The van der Waals surface area contributed by atoms with Crippen molar-refractivity contribution in [2.45, 2.75) is 38.1 Å². The highest BCUT2D eigenvalue weighted by molar-refractivity contribution is 6.30. The van der Waals surface area contributed by atoms with E-state index in [9.17, 15) is 14.4 Å². The molecule has 2 aromatic rings. The molecule has 2 aromatic carbocycles. The molecule has 2 saturated heterocycles. The SMILES string of the molecule is O=C1NC(=O)[C@@]2(Cc3ccccc3N3CCCCC[C@@H]32)C(=O)N1c1ccccc1. The number of anilines is 2. The van der Waals surface area contributed by atoms with E-state index in [0.29, 0.717) is 12.1 Å². The molecule has 5 rings (SSSR count). The van der Waals surface area contributed by atoms with Gasteiger partial charge in [0.2, 0.25) is 5.91 Å². The molecule has 1 spiro atoms. The van der Waals surface area contributed by atoms with Gasteiger partial charge in [0.05, 0.1) is 11.7 Å². The molecule has 6 nitrogen and oxygen atoms in total. The van der Waals surface area contributed by atoms with Crippen molar-refractivity contribution in [2.24, 2.45) is 5.41 Å². The Morgan fingerprint density at radius 2 is 1.66 bits per heavy atom. The molecule has 0 radical (unpaired) electrons. The van der Waals surface area contributed by atoms with Crippen LogP contribution in [0.15, 0.2) is 54.6 Å². The predicted molar refractivity (Wildman–Crippen MR) is 110 cm³/mol. The number of benzene rings is 2. The second kappa shape index (κ2) is 6.72. The van der Waals surface area contributed by atoms with E-state index in [2.05, 4.69) is 16.3 Å². The molecular formula is C23H23N3O3. The molecule has 3 heterocycles. The predicted octanol–water partition coefficient (Wildman–Crippen LogP) is 3.26. The Morgan fingerprint density at radius 3 is 2.48 bits per heavy atom. The Hall–Kier alpha value is -3.15. The van der Waals surface area contributed by atoms with E-state index < -0.39 is 23.3 Å². The number of barbiturate groups is 1. The molecule has 3 aliphatic heterocycles. The van der Waals surface area contributed by atoms with Crippen molar-refractivity contribution in [1.82, 2.24) is 5.32 Å². The molecule has 0 bridgehead atoms. The Bertz CT molecular complexity index is 990. The first-order valence-electron chi connectivity index (χ1n) is 10.2. The van der Waals surface area contributed by atoms with Gasteiger partial charge >= 0.3 is 6.03 Å². The summed E-state index contributed by atoms with van der Waals surface area (Å²) in [5.74, 6) is -0.880. The molecular weight excluding hydrogens is 366 g/mol. The van der Waals surface area contributed by atoms with Gasteiger partial charge < -0.3 is 4.90 Å². The number of nitrogens with zero attached hydrogens (tertiary/aromatic N) is 2. The van der Waals surface area contributed by atoms with Gasteiger partial charge in [0, 0.05) is 12.2 Å². The molecule has 2 atom stereocenters. The van der Waals surface area contributed by atoms with Crippen LogP contribution in [0.2, 0.25) is 0 Å². The second-order valence-corrected chi connectivity index (χ2v) is 8.07. The van der Waals surface area contributed by atoms with Crippen molar-refractivity contribution in [3.8, 4) is 0 Å².